The lowest BCUT2D eigenvalue weighted by atomic mass is 9.76. The maximum atomic E-state index is 14.6. The average molecular weight is 540 g/mol. The number of ether oxygens (including phenoxy) is 1. The van der Waals surface area contributed by atoms with Crippen LogP contribution >= 0.6 is 11.8 Å². The van der Waals surface area contributed by atoms with Crippen molar-refractivity contribution in [3.05, 3.63) is 83.4 Å². The number of thioether (sulfide) groups is 1. The number of hydrogen-bond donors (Lipinski definition) is 1. The Labute approximate surface area is 225 Å². The zero-order valence-electron chi connectivity index (χ0n) is 22.1. The quantitative estimate of drug-likeness (QED) is 0.292. The van der Waals surface area contributed by atoms with Crippen molar-refractivity contribution < 1.29 is 18.3 Å². The molecule has 37 heavy (non-hydrogen) atoms. The number of methoxy groups -OCH3 is 1. The molecule has 0 fully saturated rings. The van der Waals surface area contributed by atoms with Crippen LogP contribution in [0, 0.1) is 0 Å². The number of unbranched alkanes of at least 4 members (excludes halogenated alkanes) is 1. The van der Waals surface area contributed by atoms with E-state index in [4.69, 9.17) is 4.74 Å². The summed E-state index contributed by atoms with van der Waals surface area (Å²) in [4.78, 5) is 0.895. The highest BCUT2D eigenvalue weighted by Crippen LogP contribution is 2.50. The molecule has 0 aromatic heterocycles. The Morgan fingerprint density at radius 1 is 1.08 bits per heavy atom. The van der Waals surface area contributed by atoms with Gasteiger partial charge in [0.1, 0.15) is 11.5 Å². The normalized spacial score (nSPS) is 21.2. The molecule has 7 heteroatoms. The van der Waals surface area contributed by atoms with Gasteiger partial charge in [-0.3, -0.25) is 0 Å². The molecule has 1 aliphatic heterocycles. The molecule has 1 N–H and O–H groups in total. The molecule has 0 aliphatic carbocycles. The Hall–Kier alpha value is -2.48. The van der Waals surface area contributed by atoms with Gasteiger partial charge in [-0.25, -0.2) is 8.42 Å². The minimum Gasteiger partial charge on any atom is -0.507 e. The van der Waals surface area contributed by atoms with E-state index in [-0.39, 0.29) is 23.1 Å². The second kappa shape index (κ2) is 11.5. The van der Waals surface area contributed by atoms with E-state index in [1.165, 1.54) is 17.8 Å². The van der Waals surface area contributed by atoms with Gasteiger partial charge < -0.3 is 9.84 Å². The number of phenols is 1. The number of phenolic OH excluding ortho intramolecular Hbond substituents is 1. The van der Waals surface area contributed by atoms with Gasteiger partial charge in [0.15, 0.2) is 0 Å². The lowest BCUT2D eigenvalue weighted by Gasteiger charge is -2.43. The Morgan fingerprint density at radius 2 is 1.78 bits per heavy atom. The molecule has 0 bridgehead atoms. The van der Waals surface area contributed by atoms with Gasteiger partial charge in [-0.15, -0.1) is 11.8 Å². The first kappa shape index (κ1) is 27.6. The van der Waals surface area contributed by atoms with Crippen LogP contribution in [0.2, 0.25) is 0 Å². The molecular weight excluding hydrogens is 502 g/mol. The zero-order chi connectivity index (χ0) is 26.6. The molecule has 0 saturated heterocycles. The topological polar surface area (TPSA) is 66.8 Å². The summed E-state index contributed by atoms with van der Waals surface area (Å²) in [5.74, 6) is 0.623. The number of fused-ring (bicyclic) bond motifs is 1. The van der Waals surface area contributed by atoms with E-state index in [9.17, 15) is 13.5 Å². The van der Waals surface area contributed by atoms with Crippen molar-refractivity contribution in [1.29, 1.82) is 0 Å². The van der Waals surface area contributed by atoms with Gasteiger partial charge in [0.05, 0.1) is 12.0 Å². The molecule has 5 nitrogen and oxygen atoms in total. The van der Waals surface area contributed by atoms with Gasteiger partial charge in [-0.05, 0) is 60.4 Å². The summed E-state index contributed by atoms with van der Waals surface area (Å²) < 4.78 is 36.3. The minimum absolute atomic E-state index is 0.00332. The van der Waals surface area contributed by atoms with Crippen molar-refractivity contribution >= 4 is 21.8 Å². The van der Waals surface area contributed by atoms with Crippen LogP contribution in [0.25, 0.3) is 0 Å². The first-order chi connectivity index (χ1) is 17.8. The molecule has 2 atom stereocenters. The van der Waals surface area contributed by atoms with Crippen molar-refractivity contribution in [1.82, 2.24) is 4.31 Å². The molecule has 3 aromatic carbocycles. The third-order valence-electron chi connectivity index (χ3n) is 7.71. The predicted molar refractivity (Wildman–Crippen MR) is 151 cm³/mol. The van der Waals surface area contributed by atoms with E-state index in [0.717, 1.165) is 41.7 Å². The van der Waals surface area contributed by atoms with Crippen LogP contribution in [0.1, 0.15) is 68.6 Å². The van der Waals surface area contributed by atoms with Gasteiger partial charge >= 0.3 is 0 Å². The smallest absolute Gasteiger partial charge is 0.244 e. The van der Waals surface area contributed by atoms with Crippen LogP contribution in [-0.4, -0.2) is 36.7 Å². The number of nitrogens with zero attached hydrogens (tertiary/aromatic N) is 1. The van der Waals surface area contributed by atoms with Gasteiger partial charge in [-0.2, -0.15) is 4.31 Å². The summed E-state index contributed by atoms with van der Waals surface area (Å²) in [6.45, 7) is 4.51. The highest BCUT2D eigenvalue weighted by atomic mass is 32.2. The minimum atomic E-state index is -3.94. The molecule has 0 spiro atoms. The summed E-state index contributed by atoms with van der Waals surface area (Å²) in [5, 5.41) is 10.8. The van der Waals surface area contributed by atoms with Crippen LogP contribution in [-0.2, 0) is 16.6 Å². The van der Waals surface area contributed by atoms with Crippen molar-refractivity contribution in [2.45, 2.75) is 73.7 Å². The summed E-state index contributed by atoms with van der Waals surface area (Å²) in [7, 11) is -2.32. The standard InChI is InChI=1S/C30H37NO4S2/c1-5-7-17-30(6-2)20-26(23-11-9-8-10-12-23)25-18-28(36-4)27(32)19-29(25)37(33,34)31(30)21-22-13-15-24(35-3)16-14-22/h8-16,18-19,26,32H,5-7,17,20-21H2,1-4H3. The zero-order valence-corrected chi connectivity index (χ0v) is 23.7. The Balaban J connectivity index is 1.97. The number of benzene rings is 3. The van der Waals surface area contributed by atoms with Crippen LogP contribution in [0.3, 0.4) is 0 Å². The van der Waals surface area contributed by atoms with E-state index in [0.29, 0.717) is 17.7 Å². The summed E-state index contributed by atoms with van der Waals surface area (Å²) in [5.41, 5.74) is 2.18. The largest absolute Gasteiger partial charge is 0.507 e. The van der Waals surface area contributed by atoms with Gasteiger partial charge in [0.2, 0.25) is 10.0 Å². The third kappa shape index (κ3) is 5.40. The monoisotopic (exact) mass is 539 g/mol. The first-order valence-electron chi connectivity index (χ1n) is 12.9. The first-order valence-corrected chi connectivity index (χ1v) is 15.6. The summed E-state index contributed by atoms with van der Waals surface area (Å²) in [6, 6.07) is 21.2. The summed E-state index contributed by atoms with van der Waals surface area (Å²) >= 11 is 1.43. The van der Waals surface area contributed by atoms with E-state index < -0.39 is 15.6 Å². The second-order valence-electron chi connectivity index (χ2n) is 9.77. The van der Waals surface area contributed by atoms with Crippen molar-refractivity contribution in [2.24, 2.45) is 0 Å². The van der Waals surface area contributed by atoms with Gasteiger partial charge in [-0.1, -0.05) is 69.2 Å². The van der Waals surface area contributed by atoms with Crippen molar-refractivity contribution in [2.75, 3.05) is 13.4 Å². The van der Waals surface area contributed by atoms with E-state index in [2.05, 4.69) is 26.0 Å². The van der Waals surface area contributed by atoms with Gasteiger partial charge in [0, 0.05) is 29.0 Å². The van der Waals surface area contributed by atoms with Crippen LogP contribution < -0.4 is 4.74 Å². The molecule has 3 aromatic rings. The van der Waals surface area contributed by atoms with Crippen molar-refractivity contribution in [3.63, 3.8) is 0 Å². The fraction of sp³-hybridized carbons (Fsp3) is 0.400. The molecular formula is C30H37NO4S2. The van der Waals surface area contributed by atoms with Crippen LogP contribution in [0.4, 0.5) is 0 Å². The van der Waals surface area contributed by atoms with Crippen LogP contribution in [0.5, 0.6) is 11.5 Å². The Kier molecular flexibility index (Phi) is 8.56. The van der Waals surface area contributed by atoms with Crippen molar-refractivity contribution in [3.8, 4) is 11.5 Å². The molecule has 1 aliphatic rings. The highest BCUT2D eigenvalue weighted by molar-refractivity contribution is 7.98. The van der Waals surface area contributed by atoms with Crippen LogP contribution in [0.15, 0.2) is 76.5 Å². The maximum absolute atomic E-state index is 14.6. The van der Waals surface area contributed by atoms with Gasteiger partial charge in [0.25, 0.3) is 0 Å². The molecule has 198 valence electrons. The number of aromatic hydroxyl groups is 1. The molecule has 0 amide bonds. The second-order valence-corrected chi connectivity index (χ2v) is 12.4. The number of rotatable bonds is 9. The SMILES string of the molecule is CCCCC1(CC)CC(c2ccccc2)c2cc(SC)c(O)cc2S(=O)(=O)N1Cc1ccc(OC)cc1. The Morgan fingerprint density at radius 3 is 2.38 bits per heavy atom. The molecule has 1 heterocycles. The summed E-state index contributed by atoms with van der Waals surface area (Å²) in [6.07, 6.45) is 5.96. The highest BCUT2D eigenvalue weighted by Gasteiger charge is 2.48. The molecule has 4 rings (SSSR count). The lowest BCUT2D eigenvalue weighted by Crippen LogP contribution is -2.50. The fourth-order valence-electron chi connectivity index (χ4n) is 5.55. The predicted octanol–water partition coefficient (Wildman–Crippen LogP) is 7.19. The maximum Gasteiger partial charge on any atom is 0.244 e. The Bertz CT molecular complexity index is 1310. The van der Waals surface area contributed by atoms with E-state index in [1.807, 2.05) is 54.8 Å². The number of sulfonamides is 1. The third-order valence-corrected chi connectivity index (χ3v) is 10.5. The number of hydrogen-bond acceptors (Lipinski definition) is 5. The fourth-order valence-corrected chi connectivity index (χ4v) is 8.19. The molecule has 2 unspecified atom stereocenters. The lowest BCUT2D eigenvalue weighted by molar-refractivity contribution is 0.139. The molecule has 0 saturated carbocycles. The average Bonchev–Trinajstić information content (AvgIpc) is 3.00. The van der Waals surface area contributed by atoms with E-state index >= 15 is 0 Å². The molecule has 0 radical (unpaired) electrons. The van der Waals surface area contributed by atoms with E-state index in [1.54, 1.807) is 11.4 Å².